The standard InChI is InChI=1S/C15H21N3/c1-12-14(8-15(9-16)18(12)2)11-17-10-13-6-4-3-5-7-13/h3-4,8,13,17H,5-7,10-11H2,1-2H3. The van der Waals surface area contributed by atoms with Crippen LogP contribution in [0.4, 0.5) is 0 Å². The first-order valence-electron chi connectivity index (χ1n) is 6.63. The van der Waals surface area contributed by atoms with Gasteiger partial charge >= 0.3 is 0 Å². The number of allylic oxidation sites excluding steroid dienone is 2. The van der Waals surface area contributed by atoms with Crippen LogP contribution in [0, 0.1) is 24.2 Å². The summed E-state index contributed by atoms with van der Waals surface area (Å²) >= 11 is 0. The minimum atomic E-state index is 0.741. The van der Waals surface area contributed by atoms with Crippen LogP contribution in [0.1, 0.15) is 36.2 Å². The zero-order chi connectivity index (χ0) is 13.0. The maximum Gasteiger partial charge on any atom is 0.120 e. The minimum Gasteiger partial charge on any atom is -0.340 e. The SMILES string of the molecule is Cc1c(CNCC2CC=CCC2)cc(C#N)n1C. The molecule has 0 saturated heterocycles. The summed E-state index contributed by atoms with van der Waals surface area (Å²) in [6.45, 7) is 4.00. The Kier molecular flexibility index (Phi) is 4.22. The molecule has 0 amide bonds. The molecule has 1 atom stereocenters. The molecule has 18 heavy (non-hydrogen) atoms. The molecule has 0 bridgehead atoms. The zero-order valence-electron chi connectivity index (χ0n) is 11.2. The van der Waals surface area contributed by atoms with Gasteiger partial charge in [-0.15, -0.1) is 0 Å². The van der Waals surface area contributed by atoms with E-state index in [9.17, 15) is 0 Å². The molecule has 1 aliphatic carbocycles. The van der Waals surface area contributed by atoms with E-state index in [0.717, 1.165) is 24.7 Å². The van der Waals surface area contributed by atoms with Crippen molar-refractivity contribution in [1.29, 1.82) is 5.26 Å². The van der Waals surface area contributed by atoms with Gasteiger partial charge in [-0.25, -0.2) is 0 Å². The highest BCUT2D eigenvalue weighted by Gasteiger charge is 2.11. The van der Waals surface area contributed by atoms with E-state index in [1.165, 1.54) is 30.5 Å². The fourth-order valence-electron chi connectivity index (χ4n) is 2.50. The molecule has 0 radical (unpaired) electrons. The van der Waals surface area contributed by atoms with E-state index in [1.807, 2.05) is 17.7 Å². The second-order valence-electron chi connectivity index (χ2n) is 5.09. The molecule has 3 heteroatoms. The highest BCUT2D eigenvalue weighted by Crippen LogP contribution is 2.18. The van der Waals surface area contributed by atoms with Gasteiger partial charge in [-0.3, -0.25) is 0 Å². The van der Waals surface area contributed by atoms with Gasteiger partial charge in [0, 0.05) is 19.3 Å². The number of hydrogen-bond donors (Lipinski definition) is 1. The Bertz CT molecular complexity index is 477. The number of aromatic nitrogens is 1. The molecule has 1 unspecified atom stereocenters. The summed E-state index contributed by atoms with van der Waals surface area (Å²) in [6, 6.07) is 4.21. The first-order chi connectivity index (χ1) is 8.72. The smallest absolute Gasteiger partial charge is 0.120 e. The average Bonchev–Trinajstić information content (AvgIpc) is 2.68. The topological polar surface area (TPSA) is 40.8 Å². The molecule has 1 aromatic heterocycles. The van der Waals surface area contributed by atoms with Crippen molar-refractivity contribution in [2.75, 3.05) is 6.54 Å². The first kappa shape index (κ1) is 12.9. The summed E-state index contributed by atoms with van der Waals surface area (Å²) < 4.78 is 1.96. The van der Waals surface area contributed by atoms with Gasteiger partial charge in [0.2, 0.25) is 0 Å². The molecule has 0 spiro atoms. The molecule has 0 saturated carbocycles. The second kappa shape index (κ2) is 5.88. The number of nitrogens with one attached hydrogen (secondary N) is 1. The summed E-state index contributed by atoms with van der Waals surface area (Å²) in [5.41, 5.74) is 3.16. The molecule has 1 N–H and O–H groups in total. The Labute approximate surface area is 109 Å². The molecule has 1 aromatic rings. The molecule has 0 fully saturated rings. The number of rotatable bonds is 4. The predicted octanol–water partition coefficient (Wildman–Crippen LogP) is 2.65. The summed E-state index contributed by atoms with van der Waals surface area (Å²) in [5.74, 6) is 0.773. The lowest BCUT2D eigenvalue weighted by Gasteiger charge is -2.18. The van der Waals surface area contributed by atoms with Gasteiger partial charge in [0.25, 0.3) is 0 Å². The van der Waals surface area contributed by atoms with Crippen molar-refractivity contribution in [1.82, 2.24) is 9.88 Å². The van der Waals surface area contributed by atoms with Crippen LogP contribution in [0.3, 0.4) is 0 Å². The number of hydrogen-bond acceptors (Lipinski definition) is 2. The maximum absolute atomic E-state index is 8.99. The van der Waals surface area contributed by atoms with Crippen LogP contribution in [0.25, 0.3) is 0 Å². The van der Waals surface area contributed by atoms with Crippen LogP contribution in [0.5, 0.6) is 0 Å². The third kappa shape index (κ3) is 2.83. The van der Waals surface area contributed by atoms with Gasteiger partial charge in [-0.1, -0.05) is 12.2 Å². The molecule has 96 valence electrons. The number of nitrogens with zero attached hydrogens (tertiary/aromatic N) is 2. The monoisotopic (exact) mass is 243 g/mol. The predicted molar refractivity (Wildman–Crippen MR) is 73.1 cm³/mol. The van der Waals surface area contributed by atoms with Crippen LogP contribution < -0.4 is 5.32 Å². The second-order valence-corrected chi connectivity index (χ2v) is 5.09. The van der Waals surface area contributed by atoms with Gasteiger partial charge < -0.3 is 9.88 Å². The Morgan fingerprint density at radius 2 is 2.33 bits per heavy atom. The van der Waals surface area contributed by atoms with Gasteiger partial charge in [0.05, 0.1) is 0 Å². The Morgan fingerprint density at radius 3 is 2.94 bits per heavy atom. The third-order valence-corrected chi connectivity index (χ3v) is 3.88. The van der Waals surface area contributed by atoms with E-state index in [0.29, 0.717) is 0 Å². The zero-order valence-corrected chi connectivity index (χ0v) is 11.2. The van der Waals surface area contributed by atoms with Crippen molar-refractivity contribution < 1.29 is 0 Å². The minimum absolute atomic E-state index is 0.741. The van der Waals surface area contributed by atoms with E-state index in [1.54, 1.807) is 0 Å². The molecule has 2 rings (SSSR count). The summed E-state index contributed by atoms with van der Waals surface area (Å²) in [7, 11) is 1.95. The van der Waals surface area contributed by atoms with E-state index in [4.69, 9.17) is 5.26 Å². The highest BCUT2D eigenvalue weighted by molar-refractivity contribution is 5.34. The lowest BCUT2D eigenvalue weighted by atomic mass is 9.94. The van der Waals surface area contributed by atoms with Crippen molar-refractivity contribution in [3.8, 4) is 6.07 Å². The van der Waals surface area contributed by atoms with Crippen LogP contribution in [0.15, 0.2) is 18.2 Å². The normalized spacial score (nSPS) is 18.8. The van der Waals surface area contributed by atoms with Crippen LogP contribution in [-0.4, -0.2) is 11.1 Å². The molecular formula is C15H21N3. The van der Waals surface area contributed by atoms with Crippen LogP contribution in [0.2, 0.25) is 0 Å². The Balaban J connectivity index is 1.87. The molecule has 0 aliphatic heterocycles. The highest BCUT2D eigenvalue weighted by atomic mass is 15.0. The maximum atomic E-state index is 8.99. The average molecular weight is 243 g/mol. The van der Waals surface area contributed by atoms with Crippen LogP contribution >= 0.6 is 0 Å². The van der Waals surface area contributed by atoms with Crippen molar-refractivity contribution in [3.05, 3.63) is 35.2 Å². The van der Waals surface area contributed by atoms with Gasteiger partial charge in [0.15, 0.2) is 0 Å². The lowest BCUT2D eigenvalue weighted by molar-refractivity contribution is 0.440. The molecular weight excluding hydrogens is 222 g/mol. The van der Waals surface area contributed by atoms with Crippen molar-refractivity contribution in [2.45, 2.75) is 32.7 Å². The molecule has 1 aliphatic rings. The van der Waals surface area contributed by atoms with Gasteiger partial charge in [-0.05, 0) is 50.3 Å². The fraction of sp³-hybridized carbons (Fsp3) is 0.533. The molecule has 3 nitrogen and oxygen atoms in total. The first-order valence-corrected chi connectivity index (χ1v) is 6.63. The van der Waals surface area contributed by atoms with Gasteiger partial charge in [-0.2, -0.15) is 5.26 Å². The van der Waals surface area contributed by atoms with E-state index in [-0.39, 0.29) is 0 Å². The lowest BCUT2D eigenvalue weighted by Crippen LogP contribution is -2.23. The molecule has 1 heterocycles. The molecule has 0 aromatic carbocycles. The summed E-state index contributed by atoms with van der Waals surface area (Å²) in [5, 5.41) is 12.5. The fourth-order valence-corrected chi connectivity index (χ4v) is 2.50. The van der Waals surface area contributed by atoms with Crippen molar-refractivity contribution >= 4 is 0 Å². The van der Waals surface area contributed by atoms with E-state index >= 15 is 0 Å². The van der Waals surface area contributed by atoms with Gasteiger partial charge in [0.1, 0.15) is 11.8 Å². The Hall–Kier alpha value is -1.53. The number of nitriles is 1. The van der Waals surface area contributed by atoms with Crippen LogP contribution in [-0.2, 0) is 13.6 Å². The van der Waals surface area contributed by atoms with Crippen molar-refractivity contribution in [3.63, 3.8) is 0 Å². The summed E-state index contributed by atoms with van der Waals surface area (Å²) in [4.78, 5) is 0. The quantitative estimate of drug-likeness (QED) is 0.826. The third-order valence-electron chi connectivity index (χ3n) is 3.88. The summed E-state index contributed by atoms with van der Waals surface area (Å²) in [6.07, 6.45) is 8.27. The van der Waals surface area contributed by atoms with E-state index in [2.05, 4.69) is 30.5 Å². The van der Waals surface area contributed by atoms with E-state index < -0.39 is 0 Å². The van der Waals surface area contributed by atoms with Crippen molar-refractivity contribution in [2.24, 2.45) is 13.0 Å². The Morgan fingerprint density at radius 1 is 1.50 bits per heavy atom. The largest absolute Gasteiger partial charge is 0.340 e.